The molecule has 0 aliphatic carbocycles. The molecule has 0 aliphatic rings. The molecule has 1 aromatic carbocycles. The monoisotopic (exact) mass is 303 g/mol. The average Bonchev–Trinajstić information content (AvgIpc) is 2.93. The van der Waals surface area contributed by atoms with Crippen LogP contribution in [0.2, 0.25) is 5.28 Å². The lowest BCUT2D eigenvalue weighted by Crippen LogP contribution is -2.21. The maximum Gasteiger partial charge on any atom is 0.330 e. The summed E-state index contributed by atoms with van der Waals surface area (Å²) in [7, 11) is 0. The predicted molar refractivity (Wildman–Crippen MR) is 77.1 cm³/mol. The molecule has 2 aromatic heterocycles. The zero-order valence-electron chi connectivity index (χ0n) is 10.6. The number of nitrogens with one attached hydrogen (secondary N) is 2. The van der Waals surface area contributed by atoms with Gasteiger partial charge in [-0.15, -0.1) is 0 Å². The number of carbonyl (C=O) groups is 1. The Morgan fingerprint density at radius 2 is 2.05 bits per heavy atom. The Kier molecular flexibility index (Phi) is 3.41. The van der Waals surface area contributed by atoms with E-state index >= 15 is 0 Å². The molecule has 0 radical (unpaired) electrons. The summed E-state index contributed by atoms with van der Waals surface area (Å²) < 4.78 is 0. The van der Waals surface area contributed by atoms with Gasteiger partial charge in [-0.25, -0.2) is 9.78 Å². The van der Waals surface area contributed by atoms with Crippen molar-refractivity contribution in [3.63, 3.8) is 0 Å². The quantitative estimate of drug-likeness (QED) is 0.639. The van der Waals surface area contributed by atoms with Gasteiger partial charge >= 0.3 is 5.97 Å². The second-order valence-electron chi connectivity index (χ2n) is 4.27. The molecule has 3 N–H and O–H groups in total. The zero-order valence-corrected chi connectivity index (χ0v) is 11.4. The molecule has 2 heterocycles. The van der Waals surface area contributed by atoms with E-state index in [0.717, 1.165) is 0 Å². The molecule has 106 valence electrons. The highest BCUT2D eigenvalue weighted by atomic mass is 35.5. The number of fused-ring (bicyclic) bond motifs is 1. The number of anilines is 1. The van der Waals surface area contributed by atoms with Crippen LogP contribution in [0.5, 0.6) is 0 Å². The number of aliphatic carboxylic acids is 1. The third-order valence-corrected chi connectivity index (χ3v) is 3.09. The van der Waals surface area contributed by atoms with Crippen molar-refractivity contribution in [2.45, 2.75) is 6.04 Å². The Morgan fingerprint density at radius 3 is 2.76 bits per heavy atom. The number of hydrogen-bond acceptors (Lipinski definition) is 5. The summed E-state index contributed by atoms with van der Waals surface area (Å²) in [5.74, 6) is -0.734. The van der Waals surface area contributed by atoms with Crippen LogP contribution in [0, 0.1) is 0 Å². The molecule has 3 aromatic rings. The van der Waals surface area contributed by atoms with Gasteiger partial charge in [-0.1, -0.05) is 30.3 Å². The Balaban J connectivity index is 2.02. The minimum absolute atomic E-state index is 0.00528. The van der Waals surface area contributed by atoms with Crippen molar-refractivity contribution < 1.29 is 9.90 Å². The van der Waals surface area contributed by atoms with Gasteiger partial charge < -0.3 is 15.4 Å². The van der Waals surface area contributed by atoms with Gasteiger partial charge in [-0.3, -0.25) is 0 Å². The predicted octanol–water partition coefficient (Wildman–Crippen LogP) is 2.24. The highest BCUT2D eigenvalue weighted by molar-refractivity contribution is 6.28. The number of halogens is 1. The molecule has 0 amide bonds. The molecule has 0 unspecified atom stereocenters. The molecule has 1 atom stereocenters. The summed E-state index contributed by atoms with van der Waals surface area (Å²) in [6.07, 6.45) is 1.44. The van der Waals surface area contributed by atoms with Gasteiger partial charge in [-0.2, -0.15) is 9.97 Å². The lowest BCUT2D eigenvalue weighted by molar-refractivity contribution is -0.138. The average molecular weight is 304 g/mol. The van der Waals surface area contributed by atoms with Crippen LogP contribution in [0.25, 0.3) is 11.2 Å². The molecule has 0 aliphatic heterocycles. The topological polar surface area (TPSA) is 104 Å². The van der Waals surface area contributed by atoms with Crippen LogP contribution in [0.4, 0.5) is 5.82 Å². The van der Waals surface area contributed by atoms with Crippen molar-refractivity contribution in [2.24, 2.45) is 0 Å². The van der Waals surface area contributed by atoms with Crippen LogP contribution < -0.4 is 5.32 Å². The van der Waals surface area contributed by atoms with E-state index in [1.54, 1.807) is 24.3 Å². The van der Waals surface area contributed by atoms with E-state index in [1.807, 2.05) is 6.07 Å². The van der Waals surface area contributed by atoms with E-state index in [2.05, 4.69) is 25.3 Å². The summed E-state index contributed by atoms with van der Waals surface area (Å²) in [5, 5.41) is 12.3. The fraction of sp³-hybridized carbons (Fsp3) is 0.0769. The standard InChI is InChI=1S/C13H10ClN5O2/c14-13-18-10-9(15-6-16-10)11(19-13)17-8(12(20)21)7-4-2-1-3-5-7/h1-6,8H,(H,20,21)(H2,15,16,17,18,19)/t8-/m1/s1. The molecular formula is C13H10ClN5O2. The number of benzene rings is 1. The minimum Gasteiger partial charge on any atom is -0.479 e. The van der Waals surface area contributed by atoms with Crippen LogP contribution in [0.3, 0.4) is 0 Å². The zero-order chi connectivity index (χ0) is 14.8. The van der Waals surface area contributed by atoms with Crippen LogP contribution in [-0.2, 0) is 4.79 Å². The largest absolute Gasteiger partial charge is 0.479 e. The first-order chi connectivity index (χ1) is 10.1. The van der Waals surface area contributed by atoms with E-state index in [0.29, 0.717) is 22.5 Å². The minimum atomic E-state index is -1.02. The van der Waals surface area contributed by atoms with Gasteiger partial charge in [0.2, 0.25) is 5.28 Å². The molecule has 0 fully saturated rings. The number of nitrogens with zero attached hydrogens (tertiary/aromatic N) is 3. The van der Waals surface area contributed by atoms with Crippen molar-refractivity contribution in [1.82, 2.24) is 19.9 Å². The number of hydrogen-bond donors (Lipinski definition) is 3. The van der Waals surface area contributed by atoms with Gasteiger partial charge in [0, 0.05) is 0 Å². The summed E-state index contributed by atoms with van der Waals surface area (Å²) in [6, 6.07) is 7.84. The maximum absolute atomic E-state index is 11.5. The van der Waals surface area contributed by atoms with Crippen LogP contribution in [-0.4, -0.2) is 31.0 Å². The number of rotatable bonds is 4. The van der Waals surface area contributed by atoms with Gasteiger partial charge in [0.05, 0.1) is 6.33 Å². The number of imidazole rings is 1. The van der Waals surface area contributed by atoms with Gasteiger partial charge in [-0.05, 0) is 17.2 Å². The van der Waals surface area contributed by atoms with E-state index in [-0.39, 0.29) is 5.28 Å². The number of carboxylic acids is 1. The summed E-state index contributed by atoms with van der Waals surface area (Å²) in [4.78, 5) is 26.3. The SMILES string of the molecule is O=C(O)[C@H](Nc1nc(Cl)nc2nc[nH]c12)c1ccccc1. The van der Waals surface area contributed by atoms with E-state index in [4.69, 9.17) is 11.6 Å². The van der Waals surface area contributed by atoms with E-state index < -0.39 is 12.0 Å². The smallest absolute Gasteiger partial charge is 0.330 e. The first-order valence-corrected chi connectivity index (χ1v) is 6.44. The highest BCUT2D eigenvalue weighted by Crippen LogP contribution is 2.24. The molecule has 8 heteroatoms. The third-order valence-electron chi connectivity index (χ3n) is 2.92. The van der Waals surface area contributed by atoms with Crippen LogP contribution in [0.15, 0.2) is 36.7 Å². The normalized spacial score (nSPS) is 12.2. The Morgan fingerprint density at radius 1 is 1.29 bits per heavy atom. The van der Waals surface area contributed by atoms with Gasteiger partial charge in [0.1, 0.15) is 5.52 Å². The van der Waals surface area contributed by atoms with Crippen molar-refractivity contribution in [3.8, 4) is 0 Å². The summed E-state index contributed by atoms with van der Waals surface area (Å²) >= 11 is 5.83. The molecule has 0 saturated carbocycles. The first kappa shape index (κ1) is 13.3. The lowest BCUT2D eigenvalue weighted by atomic mass is 10.1. The molecule has 0 bridgehead atoms. The Bertz CT molecular complexity index is 790. The third kappa shape index (κ3) is 2.63. The summed E-state index contributed by atoms with van der Waals surface area (Å²) in [6.45, 7) is 0. The number of H-pyrrole nitrogens is 1. The molecular weight excluding hydrogens is 294 g/mol. The molecule has 3 rings (SSSR count). The van der Waals surface area contributed by atoms with Crippen molar-refractivity contribution in [2.75, 3.05) is 5.32 Å². The Hall–Kier alpha value is -2.67. The van der Waals surface area contributed by atoms with Crippen LogP contribution in [0.1, 0.15) is 11.6 Å². The fourth-order valence-corrected chi connectivity index (χ4v) is 2.15. The second-order valence-corrected chi connectivity index (χ2v) is 4.61. The highest BCUT2D eigenvalue weighted by Gasteiger charge is 2.22. The van der Waals surface area contributed by atoms with Crippen molar-refractivity contribution >= 4 is 34.6 Å². The van der Waals surface area contributed by atoms with E-state index in [9.17, 15) is 9.90 Å². The lowest BCUT2D eigenvalue weighted by Gasteiger charge is -2.15. The molecule has 7 nitrogen and oxygen atoms in total. The van der Waals surface area contributed by atoms with E-state index in [1.165, 1.54) is 6.33 Å². The van der Waals surface area contributed by atoms with Gasteiger partial charge in [0.15, 0.2) is 17.5 Å². The number of aromatic amines is 1. The maximum atomic E-state index is 11.5. The molecule has 0 spiro atoms. The first-order valence-electron chi connectivity index (χ1n) is 6.06. The van der Waals surface area contributed by atoms with Crippen molar-refractivity contribution in [3.05, 3.63) is 47.5 Å². The molecule has 0 saturated heterocycles. The molecule has 21 heavy (non-hydrogen) atoms. The second kappa shape index (κ2) is 5.37. The van der Waals surface area contributed by atoms with Crippen LogP contribution >= 0.6 is 11.6 Å². The number of aromatic nitrogens is 4. The Labute approximate surface area is 124 Å². The summed E-state index contributed by atoms with van der Waals surface area (Å²) in [5.41, 5.74) is 1.48. The van der Waals surface area contributed by atoms with Gasteiger partial charge in [0.25, 0.3) is 0 Å². The van der Waals surface area contributed by atoms with Crippen molar-refractivity contribution in [1.29, 1.82) is 0 Å². The number of carboxylic acid groups (broad SMARTS) is 1. The fourth-order valence-electron chi connectivity index (χ4n) is 1.98.